The zero-order valence-electron chi connectivity index (χ0n) is 8.84. The third-order valence-electron chi connectivity index (χ3n) is 1.79. The standard InChI is InChI=1S/C10H8F4N2O2/c11-6-1-3-7(4-2-6)16-8(17)5-15-9(18)10(12,13)14/h1-4H,5H2,(H,15,18)(H,16,17). The minimum absolute atomic E-state index is 0.211. The second kappa shape index (κ2) is 5.48. The van der Waals surface area contributed by atoms with Crippen LogP contribution in [0.5, 0.6) is 0 Å². The number of carbonyl (C=O) groups excluding carboxylic acids is 2. The lowest BCUT2D eigenvalue weighted by molar-refractivity contribution is -0.173. The van der Waals surface area contributed by atoms with Gasteiger partial charge in [0.15, 0.2) is 0 Å². The van der Waals surface area contributed by atoms with E-state index in [4.69, 9.17) is 0 Å². The second-order valence-corrected chi connectivity index (χ2v) is 3.24. The van der Waals surface area contributed by atoms with Crippen molar-refractivity contribution in [2.75, 3.05) is 11.9 Å². The maximum absolute atomic E-state index is 12.5. The highest BCUT2D eigenvalue weighted by Crippen LogP contribution is 2.13. The van der Waals surface area contributed by atoms with Crippen molar-refractivity contribution in [2.24, 2.45) is 0 Å². The normalized spacial score (nSPS) is 10.9. The van der Waals surface area contributed by atoms with Gasteiger partial charge in [0.25, 0.3) is 0 Å². The van der Waals surface area contributed by atoms with Gasteiger partial charge in [-0.3, -0.25) is 9.59 Å². The maximum Gasteiger partial charge on any atom is 0.471 e. The first-order valence-electron chi connectivity index (χ1n) is 4.69. The molecule has 0 aliphatic heterocycles. The van der Waals surface area contributed by atoms with Crippen molar-refractivity contribution in [1.82, 2.24) is 5.32 Å². The fraction of sp³-hybridized carbons (Fsp3) is 0.200. The predicted octanol–water partition coefficient (Wildman–Crippen LogP) is 1.44. The van der Waals surface area contributed by atoms with Crippen LogP contribution in [0.3, 0.4) is 0 Å². The van der Waals surface area contributed by atoms with Gasteiger partial charge in [-0.05, 0) is 24.3 Å². The number of halogens is 4. The number of alkyl halides is 3. The van der Waals surface area contributed by atoms with E-state index >= 15 is 0 Å². The molecular formula is C10H8F4N2O2. The second-order valence-electron chi connectivity index (χ2n) is 3.24. The van der Waals surface area contributed by atoms with Crippen molar-refractivity contribution < 1.29 is 27.2 Å². The fourth-order valence-corrected chi connectivity index (χ4v) is 0.999. The summed E-state index contributed by atoms with van der Waals surface area (Å²) in [4.78, 5) is 21.5. The van der Waals surface area contributed by atoms with Gasteiger partial charge in [0, 0.05) is 5.69 Å². The van der Waals surface area contributed by atoms with E-state index in [1.54, 1.807) is 0 Å². The molecule has 18 heavy (non-hydrogen) atoms. The lowest BCUT2D eigenvalue weighted by Gasteiger charge is -2.08. The van der Waals surface area contributed by atoms with Crippen molar-refractivity contribution in [3.05, 3.63) is 30.1 Å². The lowest BCUT2D eigenvalue weighted by atomic mass is 10.3. The number of anilines is 1. The van der Waals surface area contributed by atoms with Crippen LogP contribution in [0, 0.1) is 5.82 Å². The summed E-state index contributed by atoms with van der Waals surface area (Å²) in [7, 11) is 0. The molecule has 0 saturated heterocycles. The molecule has 98 valence electrons. The van der Waals surface area contributed by atoms with Crippen LogP contribution in [0.4, 0.5) is 23.2 Å². The molecule has 0 aliphatic carbocycles. The maximum atomic E-state index is 12.5. The molecule has 2 amide bonds. The van der Waals surface area contributed by atoms with Gasteiger partial charge in [0.1, 0.15) is 5.82 Å². The van der Waals surface area contributed by atoms with Crippen LogP contribution in [0.25, 0.3) is 0 Å². The average Bonchev–Trinajstić information content (AvgIpc) is 2.28. The van der Waals surface area contributed by atoms with E-state index in [9.17, 15) is 27.2 Å². The largest absolute Gasteiger partial charge is 0.471 e. The van der Waals surface area contributed by atoms with Crippen LogP contribution >= 0.6 is 0 Å². The molecule has 4 nitrogen and oxygen atoms in total. The quantitative estimate of drug-likeness (QED) is 0.812. The first kappa shape index (κ1) is 13.9. The van der Waals surface area contributed by atoms with Crippen molar-refractivity contribution >= 4 is 17.5 Å². The Hall–Kier alpha value is -2.12. The van der Waals surface area contributed by atoms with Gasteiger partial charge in [0.05, 0.1) is 6.54 Å². The van der Waals surface area contributed by atoms with Crippen molar-refractivity contribution in [3.63, 3.8) is 0 Å². The molecule has 0 radical (unpaired) electrons. The Bertz CT molecular complexity index is 442. The molecular weight excluding hydrogens is 256 g/mol. The zero-order chi connectivity index (χ0) is 13.8. The van der Waals surface area contributed by atoms with E-state index in [2.05, 4.69) is 5.32 Å². The van der Waals surface area contributed by atoms with Gasteiger partial charge in [-0.1, -0.05) is 0 Å². The Morgan fingerprint density at radius 2 is 1.67 bits per heavy atom. The topological polar surface area (TPSA) is 58.2 Å². The smallest absolute Gasteiger partial charge is 0.339 e. The minimum atomic E-state index is -5.03. The Morgan fingerprint density at radius 3 is 2.17 bits per heavy atom. The van der Waals surface area contributed by atoms with Crippen LogP contribution in [-0.2, 0) is 9.59 Å². The van der Waals surface area contributed by atoms with E-state index in [1.807, 2.05) is 0 Å². The zero-order valence-corrected chi connectivity index (χ0v) is 8.84. The van der Waals surface area contributed by atoms with Crippen LogP contribution in [0.2, 0.25) is 0 Å². The van der Waals surface area contributed by atoms with Gasteiger partial charge in [-0.25, -0.2) is 4.39 Å². The highest BCUT2D eigenvalue weighted by molar-refractivity contribution is 5.95. The van der Waals surface area contributed by atoms with E-state index in [-0.39, 0.29) is 5.69 Å². The summed E-state index contributed by atoms with van der Waals surface area (Å²) in [5, 5.41) is 3.59. The summed E-state index contributed by atoms with van der Waals surface area (Å²) in [5.74, 6) is -3.56. The number of hydrogen-bond donors (Lipinski definition) is 2. The van der Waals surface area contributed by atoms with E-state index in [0.717, 1.165) is 12.1 Å². The average molecular weight is 264 g/mol. The summed E-state index contributed by atoms with van der Waals surface area (Å²) in [6.07, 6.45) is -5.03. The molecule has 0 unspecified atom stereocenters. The Kier molecular flexibility index (Phi) is 4.24. The molecule has 8 heteroatoms. The van der Waals surface area contributed by atoms with Gasteiger partial charge < -0.3 is 10.6 Å². The van der Waals surface area contributed by atoms with E-state index in [1.165, 1.54) is 17.4 Å². The third-order valence-corrected chi connectivity index (χ3v) is 1.79. The third kappa shape index (κ3) is 4.40. The molecule has 0 fully saturated rings. The van der Waals surface area contributed by atoms with E-state index < -0.39 is 30.4 Å². The number of rotatable bonds is 3. The Labute approximate surface area is 99.0 Å². The Morgan fingerprint density at radius 1 is 1.11 bits per heavy atom. The number of hydrogen-bond acceptors (Lipinski definition) is 2. The number of benzene rings is 1. The first-order chi connectivity index (χ1) is 8.29. The van der Waals surface area contributed by atoms with Gasteiger partial charge >= 0.3 is 12.1 Å². The van der Waals surface area contributed by atoms with Gasteiger partial charge in [-0.2, -0.15) is 13.2 Å². The molecule has 0 saturated carbocycles. The molecule has 0 aromatic heterocycles. The molecule has 1 aromatic rings. The fourth-order valence-electron chi connectivity index (χ4n) is 0.999. The molecule has 0 aliphatic rings. The SMILES string of the molecule is O=C(CNC(=O)C(F)(F)F)Nc1ccc(F)cc1. The summed E-state index contributed by atoms with van der Waals surface area (Å²) < 4.78 is 47.9. The molecule has 0 spiro atoms. The monoisotopic (exact) mass is 264 g/mol. The van der Waals surface area contributed by atoms with Gasteiger partial charge in [0.2, 0.25) is 5.91 Å². The van der Waals surface area contributed by atoms with E-state index in [0.29, 0.717) is 0 Å². The highest BCUT2D eigenvalue weighted by Gasteiger charge is 2.38. The summed E-state index contributed by atoms with van der Waals surface area (Å²) in [5.41, 5.74) is 0.211. The first-order valence-corrected chi connectivity index (χ1v) is 4.69. The number of nitrogens with one attached hydrogen (secondary N) is 2. The Balaban J connectivity index is 2.43. The van der Waals surface area contributed by atoms with Crippen molar-refractivity contribution in [1.29, 1.82) is 0 Å². The molecule has 1 rings (SSSR count). The molecule has 2 N–H and O–H groups in total. The van der Waals surface area contributed by atoms with Crippen molar-refractivity contribution in [3.8, 4) is 0 Å². The van der Waals surface area contributed by atoms with Crippen LogP contribution < -0.4 is 10.6 Å². The summed E-state index contributed by atoms with van der Waals surface area (Å²) in [6, 6.07) is 4.62. The predicted molar refractivity (Wildman–Crippen MR) is 54.1 cm³/mol. The molecule has 1 aromatic carbocycles. The summed E-state index contributed by atoms with van der Waals surface area (Å²) in [6.45, 7) is -0.824. The molecule has 0 heterocycles. The van der Waals surface area contributed by atoms with Crippen LogP contribution in [0.1, 0.15) is 0 Å². The van der Waals surface area contributed by atoms with Crippen molar-refractivity contribution in [2.45, 2.75) is 6.18 Å². The molecule has 0 atom stereocenters. The minimum Gasteiger partial charge on any atom is -0.339 e. The number of carbonyl (C=O) groups is 2. The molecule has 0 bridgehead atoms. The van der Waals surface area contributed by atoms with Crippen LogP contribution in [-0.4, -0.2) is 24.5 Å². The highest BCUT2D eigenvalue weighted by atomic mass is 19.4. The lowest BCUT2D eigenvalue weighted by Crippen LogP contribution is -2.41. The summed E-state index contributed by atoms with van der Waals surface area (Å²) >= 11 is 0. The van der Waals surface area contributed by atoms with Crippen LogP contribution in [0.15, 0.2) is 24.3 Å². The number of amides is 2. The van der Waals surface area contributed by atoms with Gasteiger partial charge in [-0.15, -0.1) is 0 Å².